The maximum Gasteiger partial charge on any atom is 0.227 e. The molecule has 1 aromatic rings. The van der Waals surface area contributed by atoms with E-state index in [1.807, 2.05) is 38.2 Å². The minimum absolute atomic E-state index is 0.0340. The second-order valence-electron chi connectivity index (χ2n) is 6.18. The molecule has 1 saturated carbocycles. The number of aryl methyl sites for hydroxylation is 1. The van der Waals surface area contributed by atoms with Crippen molar-refractivity contribution >= 4 is 11.6 Å². The van der Waals surface area contributed by atoms with E-state index in [9.17, 15) is 4.79 Å². The van der Waals surface area contributed by atoms with Gasteiger partial charge in [0.15, 0.2) is 0 Å². The number of nitrogens with zero attached hydrogens (tertiary/aromatic N) is 1. The van der Waals surface area contributed by atoms with Crippen LogP contribution in [-0.2, 0) is 4.79 Å². The number of anilines is 1. The molecular formula is C17H26N2O. The molecule has 0 aliphatic heterocycles. The van der Waals surface area contributed by atoms with Crippen LogP contribution in [0.3, 0.4) is 0 Å². The molecule has 0 spiro atoms. The highest BCUT2D eigenvalue weighted by Gasteiger charge is 2.34. The second-order valence-corrected chi connectivity index (χ2v) is 6.18. The van der Waals surface area contributed by atoms with E-state index in [4.69, 9.17) is 5.73 Å². The molecule has 2 N–H and O–H groups in total. The summed E-state index contributed by atoms with van der Waals surface area (Å²) in [6.45, 7) is 2.67. The first-order valence-electron chi connectivity index (χ1n) is 7.60. The summed E-state index contributed by atoms with van der Waals surface area (Å²) in [6.07, 6.45) is 6.46. The van der Waals surface area contributed by atoms with E-state index >= 15 is 0 Å². The van der Waals surface area contributed by atoms with Crippen LogP contribution in [0.5, 0.6) is 0 Å². The molecule has 1 aliphatic rings. The number of benzene rings is 1. The third kappa shape index (κ3) is 3.21. The largest absolute Gasteiger partial charge is 0.330 e. The normalized spacial score (nSPS) is 17.8. The predicted molar refractivity (Wildman–Crippen MR) is 83.8 cm³/mol. The summed E-state index contributed by atoms with van der Waals surface area (Å²) >= 11 is 0. The Morgan fingerprint density at radius 3 is 2.50 bits per heavy atom. The lowest BCUT2D eigenvalue weighted by Crippen LogP contribution is -2.39. The van der Waals surface area contributed by atoms with Crippen molar-refractivity contribution in [3.63, 3.8) is 0 Å². The third-order valence-corrected chi connectivity index (χ3v) is 4.72. The van der Waals surface area contributed by atoms with Crippen LogP contribution in [0.25, 0.3) is 0 Å². The summed E-state index contributed by atoms with van der Waals surface area (Å²) in [4.78, 5) is 14.4. The summed E-state index contributed by atoms with van der Waals surface area (Å²) in [5.41, 5.74) is 8.15. The first kappa shape index (κ1) is 15.0. The Balaban J connectivity index is 2.09. The average Bonchev–Trinajstić information content (AvgIpc) is 2.48. The van der Waals surface area contributed by atoms with Crippen molar-refractivity contribution in [2.24, 2.45) is 11.1 Å². The fourth-order valence-corrected chi connectivity index (χ4v) is 3.27. The van der Waals surface area contributed by atoms with Gasteiger partial charge in [-0.15, -0.1) is 0 Å². The van der Waals surface area contributed by atoms with Crippen molar-refractivity contribution in [1.29, 1.82) is 0 Å². The maximum absolute atomic E-state index is 12.6. The predicted octanol–water partition coefficient (Wildman–Crippen LogP) is 3.26. The molecule has 1 aromatic carbocycles. The van der Waals surface area contributed by atoms with Gasteiger partial charge in [-0.2, -0.15) is 0 Å². The highest BCUT2D eigenvalue weighted by Crippen LogP contribution is 2.39. The molecule has 0 saturated heterocycles. The van der Waals surface area contributed by atoms with Crippen molar-refractivity contribution in [3.8, 4) is 0 Å². The van der Waals surface area contributed by atoms with E-state index in [-0.39, 0.29) is 11.3 Å². The number of hydrogen-bond donors (Lipinski definition) is 1. The molecule has 3 heteroatoms. The zero-order valence-corrected chi connectivity index (χ0v) is 12.7. The van der Waals surface area contributed by atoms with Gasteiger partial charge in [0.1, 0.15) is 0 Å². The van der Waals surface area contributed by atoms with Gasteiger partial charge in [-0.1, -0.05) is 37.5 Å². The molecule has 1 amide bonds. The van der Waals surface area contributed by atoms with E-state index in [0.29, 0.717) is 13.0 Å². The lowest BCUT2D eigenvalue weighted by molar-refractivity contribution is -0.121. The number of hydrogen-bond acceptors (Lipinski definition) is 2. The molecule has 0 atom stereocenters. The van der Waals surface area contributed by atoms with Crippen LogP contribution in [0.15, 0.2) is 24.3 Å². The van der Waals surface area contributed by atoms with Crippen molar-refractivity contribution in [1.82, 2.24) is 0 Å². The number of para-hydroxylation sites is 1. The van der Waals surface area contributed by atoms with Crippen LogP contribution in [0.2, 0.25) is 0 Å². The minimum atomic E-state index is 0.0340. The maximum atomic E-state index is 12.6. The summed E-state index contributed by atoms with van der Waals surface area (Å²) in [5.74, 6) is 0.187. The van der Waals surface area contributed by atoms with Crippen LogP contribution in [0, 0.1) is 12.3 Å². The van der Waals surface area contributed by atoms with Crippen LogP contribution in [-0.4, -0.2) is 19.5 Å². The first-order chi connectivity index (χ1) is 9.58. The lowest BCUT2D eigenvalue weighted by atomic mass is 9.71. The Hall–Kier alpha value is -1.35. The monoisotopic (exact) mass is 274 g/mol. The van der Waals surface area contributed by atoms with Gasteiger partial charge in [0.05, 0.1) is 0 Å². The van der Waals surface area contributed by atoms with E-state index in [1.54, 1.807) is 4.90 Å². The van der Waals surface area contributed by atoms with Gasteiger partial charge in [-0.25, -0.2) is 0 Å². The van der Waals surface area contributed by atoms with Gasteiger partial charge in [-0.05, 0) is 43.4 Å². The Kier molecular flexibility index (Phi) is 4.81. The Morgan fingerprint density at radius 1 is 1.25 bits per heavy atom. The molecule has 20 heavy (non-hydrogen) atoms. The molecule has 3 nitrogen and oxygen atoms in total. The van der Waals surface area contributed by atoms with Crippen LogP contribution >= 0.6 is 0 Å². The van der Waals surface area contributed by atoms with Gasteiger partial charge < -0.3 is 10.6 Å². The molecule has 0 radical (unpaired) electrons. The summed E-state index contributed by atoms with van der Waals surface area (Å²) in [6, 6.07) is 8.02. The van der Waals surface area contributed by atoms with E-state index < -0.39 is 0 Å². The fraction of sp³-hybridized carbons (Fsp3) is 0.588. The minimum Gasteiger partial charge on any atom is -0.330 e. The zero-order chi connectivity index (χ0) is 14.6. The molecule has 110 valence electrons. The number of nitrogens with two attached hydrogens (primary N) is 1. The van der Waals surface area contributed by atoms with E-state index in [1.165, 1.54) is 19.3 Å². The van der Waals surface area contributed by atoms with Crippen molar-refractivity contribution in [2.45, 2.75) is 45.4 Å². The van der Waals surface area contributed by atoms with E-state index in [0.717, 1.165) is 24.1 Å². The smallest absolute Gasteiger partial charge is 0.227 e. The quantitative estimate of drug-likeness (QED) is 0.916. The summed E-state index contributed by atoms with van der Waals surface area (Å²) in [5, 5.41) is 0. The molecule has 2 rings (SSSR count). The van der Waals surface area contributed by atoms with Crippen molar-refractivity contribution in [3.05, 3.63) is 29.8 Å². The number of rotatable bonds is 4. The molecule has 1 fully saturated rings. The summed E-state index contributed by atoms with van der Waals surface area (Å²) in [7, 11) is 1.87. The molecule has 0 unspecified atom stereocenters. The number of carbonyl (C=O) groups excluding carboxylic acids is 1. The van der Waals surface area contributed by atoms with Gasteiger partial charge >= 0.3 is 0 Å². The van der Waals surface area contributed by atoms with Gasteiger partial charge in [0.2, 0.25) is 5.91 Å². The van der Waals surface area contributed by atoms with Gasteiger partial charge in [0, 0.05) is 19.2 Å². The van der Waals surface area contributed by atoms with Gasteiger partial charge in [-0.3, -0.25) is 4.79 Å². The summed E-state index contributed by atoms with van der Waals surface area (Å²) < 4.78 is 0. The lowest BCUT2D eigenvalue weighted by Gasteiger charge is -2.37. The SMILES string of the molecule is Cc1ccccc1N(C)C(=O)CC1(CN)CCCCC1. The topological polar surface area (TPSA) is 46.3 Å². The molecule has 1 aliphatic carbocycles. The third-order valence-electron chi connectivity index (χ3n) is 4.72. The molecule has 0 heterocycles. The molecule has 0 aromatic heterocycles. The van der Waals surface area contributed by atoms with Gasteiger partial charge in [0.25, 0.3) is 0 Å². The first-order valence-corrected chi connectivity index (χ1v) is 7.60. The van der Waals surface area contributed by atoms with E-state index in [2.05, 4.69) is 0 Å². The molecular weight excluding hydrogens is 248 g/mol. The number of amides is 1. The van der Waals surface area contributed by atoms with Crippen molar-refractivity contribution < 1.29 is 4.79 Å². The number of carbonyl (C=O) groups is 1. The Bertz CT molecular complexity index is 464. The Morgan fingerprint density at radius 2 is 1.90 bits per heavy atom. The second kappa shape index (κ2) is 6.40. The highest BCUT2D eigenvalue weighted by molar-refractivity contribution is 5.93. The standard InChI is InChI=1S/C17H26N2O/c1-14-8-4-5-9-15(14)19(2)16(20)12-17(13-18)10-6-3-7-11-17/h4-5,8-9H,3,6-7,10-13,18H2,1-2H3. The highest BCUT2D eigenvalue weighted by atomic mass is 16.2. The molecule has 0 bridgehead atoms. The van der Waals surface area contributed by atoms with Crippen LogP contribution < -0.4 is 10.6 Å². The fourth-order valence-electron chi connectivity index (χ4n) is 3.27. The zero-order valence-electron chi connectivity index (χ0n) is 12.7. The van der Waals surface area contributed by atoms with Crippen molar-refractivity contribution in [2.75, 3.05) is 18.5 Å². The average molecular weight is 274 g/mol. The van der Waals surface area contributed by atoms with Crippen LogP contribution in [0.4, 0.5) is 5.69 Å². The van der Waals surface area contributed by atoms with Crippen LogP contribution in [0.1, 0.15) is 44.1 Å². The Labute approximate surface area is 122 Å².